The van der Waals surface area contributed by atoms with Gasteiger partial charge < -0.3 is 9.15 Å². The van der Waals surface area contributed by atoms with E-state index in [1.165, 1.54) is 29.0 Å². The van der Waals surface area contributed by atoms with E-state index in [1.807, 2.05) is 17.5 Å². The molecule has 0 bridgehead atoms. The van der Waals surface area contributed by atoms with Gasteiger partial charge in [0.2, 0.25) is 0 Å². The molecule has 1 amide bonds. The summed E-state index contributed by atoms with van der Waals surface area (Å²) in [7, 11) is 0. The molecular formula is C16H11ClN2O3S. The summed E-state index contributed by atoms with van der Waals surface area (Å²) in [5.74, 6) is 0.716. The van der Waals surface area contributed by atoms with Gasteiger partial charge in [-0.3, -0.25) is 10.1 Å². The second kappa shape index (κ2) is 5.72. The van der Waals surface area contributed by atoms with Crippen LogP contribution >= 0.6 is 22.9 Å². The Balaban J connectivity index is 1.54. The van der Waals surface area contributed by atoms with Crippen LogP contribution in [0.5, 0.6) is 5.75 Å². The average Bonchev–Trinajstić information content (AvgIpc) is 3.26. The third kappa shape index (κ3) is 2.83. The van der Waals surface area contributed by atoms with Gasteiger partial charge in [-0.05, 0) is 47.5 Å². The van der Waals surface area contributed by atoms with Crippen molar-refractivity contribution in [2.45, 2.75) is 6.42 Å². The van der Waals surface area contributed by atoms with Crippen LogP contribution in [0.15, 0.2) is 40.1 Å². The fraction of sp³-hybridized carbons (Fsp3) is 0.125. The molecule has 1 aliphatic heterocycles. The summed E-state index contributed by atoms with van der Waals surface area (Å²) in [5.41, 5.74) is 3.01. The summed E-state index contributed by atoms with van der Waals surface area (Å²) in [6, 6.07) is 9.05. The quantitative estimate of drug-likeness (QED) is 0.770. The van der Waals surface area contributed by atoms with E-state index in [4.69, 9.17) is 20.8 Å². The molecule has 0 spiro atoms. The Morgan fingerprint density at radius 3 is 3.04 bits per heavy atom. The van der Waals surface area contributed by atoms with E-state index in [0.29, 0.717) is 5.13 Å². The molecule has 5 nitrogen and oxygen atoms in total. The number of benzene rings is 1. The fourth-order valence-corrected chi connectivity index (χ4v) is 3.27. The fourth-order valence-electron chi connectivity index (χ4n) is 2.40. The summed E-state index contributed by atoms with van der Waals surface area (Å²) >= 11 is 7.03. The highest BCUT2D eigenvalue weighted by atomic mass is 35.5. The third-order valence-electron chi connectivity index (χ3n) is 3.51. The highest BCUT2D eigenvalue weighted by Crippen LogP contribution is 2.32. The van der Waals surface area contributed by atoms with Crippen LogP contribution in [0.1, 0.15) is 16.1 Å². The van der Waals surface area contributed by atoms with Crippen molar-refractivity contribution in [3.05, 3.63) is 52.3 Å². The van der Waals surface area contributed by atoms with Crippen LogP contribution in [-0.2, 0) is 6.42 Å². The molecule has 0 saturated heterocycles. The standard InChI is InChI=1S/C16H11ClN2O3S/c17-14-4-3-13(22-14)15(20)19-16-18-11(8-23-16)9-1-2-12-10(7-9)5-6-21-12/h1-4,7-8H,5-6H2,(H,18,19,20). The lowest BCUT2D eigenvalue weighted by Gasteiger charge is -2.01. The van der Waals surface area contributed by atoms with Gasteiger partial charge in [0.25, 0.3) is 5.91 Å². The molecule has 116 valence electrons. The number of aromatic nitrogens is 1. The number of hydrogen-bond acceptors (Lipinski definition) is 5. The lowest BCUT2D eigenvalue weighted by atomic mass is 10.1. The molecule has 0 unspecified atom stereocenters. The molecule has 0 radical (unpaired) electrons. The zero-order chi connectivity index (χ0) is 15.8. The molecule has 23 heavy (non-hydrogen) atoms. The first-order chi connectivity index (χ1) is 11.2. The Kier molecular flexibility index (Phi) is 3.55. The van der Waals surface area contributed by atoms with Crippen LogP contribution in [0.4, 0.5) is 5.13 Å². The van der Waals surface area contributed by atoms with E-state index in [0.717, 1.165) is 30.0 Å². The lowest BCUT2D eigenvalue weighted by molar-refractivity contribution is 0.0997. The predicted molar refractivity (Wildman–Crippen MR) is 88.4 cm³/mol. The summed E-state index contributed by atoms with van der Waals surface area (Å²) < 4.78 is 10.6. The van der Waals surface area contributed by atoms with Gasteiger partial charge in [0.05, 0.1) is 12.3 Å². The maximum atomic E-state index is 12.0. The molecule has 3 aromatic rings. The second-order valence-corrected chi connectivity index (χ2v) is 6.25. The number of hydrogen-bond donors (Lipinski definition) is 1. The molecule has 0 atom stereocenters. The van der Waals surface area contributed by atoms with Crippen LogP contribution in [0, 0.1) is 0 Å². The van der Waals surface area contributed by atoms with Crippen LogP contribution < -0.4 is 10.1 Å². The molecule has 3 heterocycles. The smallest absolute Gasteiger partial charge is 0.293 e. The SMILES string of the molecule is O=C(Nc1nc(-c2ccc3c(c2)CCO3)cs1)c1ccc(Cl)o1. The van der Waals surface area contributed by atoms with E-state index >= 15 is 0 Å². The van der Waals surface area contributed by atoms with E-state index in [-0.39, 0.29) is 16.9 Å². The number of ether oxygens (including phenoxy) is 1. The molecule has 7 heteroatoms. The van der Waals surface area contributed by atoms with E-state index in [1.54, 1.807) is 0 Å². The Bertz CT molecular complexity index is 887. The number of carbonyl (C=O) groups excluding carboxylic acids is 1. The topological polar surface area (TPSA) is 64.4 Å². The molecule has 4 rings (SSSR count). The molecule has 0 aliphatic carbocycles. The first-order valence-electron chi connectivity index (χ1n) is 6.97. The second-order valence-electron chi connectivity index (χ2n) is 5.02. The summed E-state index contributed by atoms with van der Waals surface area (Å²) in [6.45, 7) is 0.725. The lowest BCUT2D eigenvalue weighted by Crippen LogP contribution is -2.10. The third-order valence-corrected chi connectivity index (χ3v) is 4.47. The molecule has 1 aromatic carbocycles. The molecule has 2 aromatic heterocycles. The zero-order valence-electron chi connectivity index (χ0n) is 11.8. The van der Waals surface area contributed by atoms with Crippen LogP contribution in [0.25, 0.3) is 11.3 Å². The van der Waals surface area contributed by atoms with E-state index in [9.17, 15) is 4.79 Å². The summed E-state index contributed by atoms with van der Waals surface area (Å²) in [4.78, 5) is 16.5. The highest BCUT2D eigenvalue weighted by Gasteiger charge is 2.16. The maximum Gasteiger partial charge on any atom is 0.293 e. The van der Waals surface area contributed by atoms with Crippen molar-refractivity contribution in [2.24, 2.45) is 0 Å². The van der Waals surface area contributed by atoms with Crippen molar-refractivity contribution in [1.82, 2.24) is 4.98 Å². The van der Waals surface area contributed by atoms with Crippen molar-refractivity contribution in [3.63, 3.8) is 0 Å². The Labute approximate surface area is 140 Å². The molecule has 0 fully saturated rings. The number of furan rings is 1. The Morgan fingerprint density at radius 2 is 2.22 bits per heavy atom. The van der Waals surface area contributed by atoms with Gasteiger partial charge >= 0.3 is 0 Å². The number of rotatable bonds is 3. The Morgan fingerprint density at radius 1 is 1.30 bits per heavy atom. The minimum Gasteiger partial charge on any atom is -0.493 e. The van der Waals surface area contributed by atoms with Crippen molar-refractivity contribution in [1.29, 1.82) is 0 Å². The van der Waals surface area contributed by atoms with Gasteiger partial charge in [-0.2, -0.15) is 0 Å². The Hall–Kier alpha value is -2.31. The van der Waals surface area contributed by atoms with Gasteiger partial charge in [0.1, 0.15) is 5.75 Å². The van der Waals surface area contributed by atoms with Gasteiger partial charge in [-0.25, -0.2) is 4.98 Å². The normalized spacial score (nSPS) is 12.7. The van der Waals surface area contributed by atoms with Gasteiger partial charge in [-0.1, -0.05) is 0 Å². The first-order valence-corrected chi connectivity index (χ1v) is 8.23. The predicted octanol–water partition coefficient (Wildman–Crippen LogP) is 4.24. The van der Waals surface area contributed by atoms with E-state index in [2.05, 4.69) is 16.4 Å². The van der Waals surface area contributed by atoms with Crippen LogP contribution in [0.2, 0.25) is 5.22 Å². The average molecular weight is 347 g/mol. The monoisotopic (exact) mass is 346 g/mol. The minimum atomic E-state index is -0.375. The van der Waals surface area contributed by atoms with Gasteiger partial charge in [-0.15, -0.1) is 11.3 Å². The number of thiazole rings is 1. The minimum absolute atomic E-state index is 0.154. The number of nitrogens with zero attached hydrogens (tertiary/aromatic N) is 1. The summed E-state index contributed by atoms with van der Waals surface area (Å²) in [6.07, 6.45) is 0.913. The maximum absolute atomic E-state index is 12.0. The number of carbonyl (C=O) groups is 1. The number of amides is 1. The van der Waals surface area contributed by atoms with Crippen molar-refractivity contribution >= 4 is 34.0 Å². The highest BCUT2D eigenvalue weighted by molar-refractivity contribution is 7.14. The number of halogens is 1. The molecular weight excluding hydrogens is 336 g/mol. The van der Waals surface area contributed by atoms with Crippen molar-refractivity contribution in [2.75, 3.05) is 11.9 Å². The number of fused-ring (bicyclic) bond motifs is 1. The largest absolute Gasteiger partial charge is 0.493 e. The van der Waals surface area contributed by atoms with Crippen molar-refractivity contribution in [3.8, 4) is 17.0 Å². The molecule has 0 saturated carbocycles. The van der Waals surface area contributed by atoms with E-state index < -0.39 is 0 Å². The first kappa shape index (κ1) is 14.3. The molecule has 1 N–H and O–H groups in total. The number of anilines is 1. The van der Waals surface area contributed by atoms with Gasteiger partial charge in [0, 0.05) is 17.4 Å². The number of nitrogens with one attached hydrogen (secondary N) is 1. The van der Waals surface area contributed by atoms with Crippen molar-refractivity contribution < 1.29 is 13.9 Å². The zero-order valence-corrected chi connectivity index (χ0v) is 13.4. The summed E-state index contributed by atoms with van der Waals surface area (Å²) in [5, 5.41) is 5.30. The molecule has 1 aliphatic rings. The van der Waals surface area contributed by atoms with Gasteiger partial charge in [0.15, 0.2) is 16.1 Å². The van der Waals surface area contributed by atoms with Crippen LogP contribution in [0.3, 0.4) is 0 Å². The van der Waals surface area contributed by atoms with Crippen LogP contribution in [-0.4, -0.2) is 17.5 Å².